The van der Waals surface area contributed by atoms with Gasteiger partial charge in [-0.15, -0.1) is 0 Å². The Balaban J connectivity index is 1.84. The van der Waals surface area contributed by atoms with Crippen molar-refractivity contribution in [3.8, 4) is 0 Å². The van der Waals surface area contributed by atoms with Crippen molar-refractivity contribution < 1.29 is 14.2 Å². The third-order valence-electron chi connectivity index (χ3n) is 4.04. The minimum atomic E-state index is -0.574. The van der Waals surface area contributed by atoms with Crippen molar-refractivity contribution in [2.45, 2.75) is 70.5 Å². The van der Waals surface area contributed by atoms with E-state index < -0.39 is 11.6 Å². The molecule has 0 spiro atoms. The molecular formula is C14H27NO3. The van der Waals surface area contributed by atoms with Gasteiger partial charge in [-0.05, 0) is 33.6 Å². The second kappa shape index (κ2) is 5.87. The molecule has 0 amide bonds. The first-order chi connectivity index (χ1) is 8.66. The molecule has 2 atom stereocenters. The van der Waals surface area contributed by atoms with E-state index in [1.807, 2.05) is 20.8 Å². The Kier molecular flexibility index (Phi) is 4.64. The van der Waals surface area contributed by atoms with Gasteiger partial charge in [-0.2, -0.15) is 0 Å². The first kappa shape index (κ1) is 14.3. The SMILES string of the molecule is CCOC1(C)OC1(CNC1CCCCC1)OCC. The summed E-state index contributed by atoms with van der Waals surface area (Å²) < 4.78 is 17.2. The van der Waals surface area contributed by atoms with Gasteiger partial charge in [0.25, 0.3) is 0 Å². The molecule has 0 aromatic heterocycles. The summed E-state index contributed by atoms with van der Waals surface area (Å²) in [6, 6.07) is 0.617. The molecule has 2 aliphatic rings. The minimum Gasteiger partial charge on any atom is -0.346 e. The van der Waals surface area contributed by atoms with E-state index in [1.165, 1.54) is 32.1 Å². The maximum absolute atomic E-state index is 5.79. The summed E-state index contributed by atoms with van der Waals surface area (Å²) >= 11 is 0. The normalized spacial score (nSPS) is 36.8. The molecule has 0 bridgehead atoms. The first-order valence-corrected chi connectivity index (χ1v) is 7.37. The average Bonchev–Trinajstić information content (AvgIpc) is 2.94. The zero-order valence-corrected chi connectivity index (χ0v) is 12.0. The van der Waals surface area contributed by atoms with E-state index >= 15 is 0 Å². The molecule has 4 heteroatoms. The van der Waals surface area contributed by atoms with Crippen LogP contribution in [-0.4, -0.2) is 37.4 Å². The third-order valence-corrected chi connectivity index (χ3v) is 4.04. The van der Waals surface area contributed by atoms with Gasteiger partial charge in [-0.1, -0.05) is 19.3 Å². The van der Waals surface area contributed by atoms with E-state index in [0.717, 1.165) is 6.54 Å². The fraction of sp³-hybridized carbons (Fsp3) is 1.00. The molecule has 2 unspecified atom stereocenters. The van der Waals surface area contributed by atoms with Crippen LogP contribution in [0, 0.1) is 0 Å². The maximum atomic E-state index is 5.79. The van der Waals surface area contributed by atoms with Crippen LogP contribution in [0.25, 0.3) is 0 Å². The number of ether oxygens (including phenoxy) is 3. The summed E-state index contributed by atoms with van der Waals surface area (Å²) in [4.78, 5) is 0. The van der Waals surface area contributed by atoms with E-state index in [4.69, 9.17) is 14.2 Å². The second-order valence-electron chi connectivity index (χ2n) is 5.38. The number of hydrogen-bond acceptors (Lipinski definition) is 4. The molecule has 1 saturated heterocycles. The standard InChI is InChI=1S/C14H27NO3/c1-4-16-13(3)14(18-13,17-5-2)11-15-12-9-7-6-8-10-12/h12,15H,4-11H2,1-3H3. The van der Waals surface area contributed by atoms with Gasteiger partial charge in [0.1, 0.15) is 0 Å². The van der Waals surface area contributed by atoms with Crippen LogP contribution in [0.5, 0.6) is 0 Å². The lowest BCUT2D eigenvalue weighted by molar-refractivity contribution is -0.0588. The summed E-state index contributed by atoms with van der Waals surface area (Å²) in [6.45, 7) is 7.97. The van der Waals surface area contributed by atoms with E-state index in [2.05, 4.69) is 5.32 Å². The van der Waals surface area contributed by atoms with Crippen LogP contribution in [0.2, 0.25) is 0 Å². The number of epoxide rings is 1. The van der Waals surface area contributed by atoms with E-state index in [0.29, 0.717) is 19.3 Å². The minimum absolute atomic E-state index is 0.570. The molecule has 1 N–H and O–H groups in total. The number of hydrogen-bond donors (Lipinski definition) is 1. The Morgan fingerprint density at radius 1 is 1.11 bits per heavy atom. The highest BCUT2D eigenvalue weighted by Crippen LogP contribution is 2.49. The van der Waals surface area contributed by atoms with Crippen LogP contribution in [0.15, 0.2) is 0 Å². The molecule has 106 valence electrons. The first-order valence-electron chi connectivity index (χ1n) is 7.37. The molecular weight excluding hydrogens is 230 g/mol. The van der Waals surface area contributed by atoms with Gasteiger partial charge in [0.05, 0.1) is 6.54 Å². The molecule has 1 aliphatic heterocycles. The monoisotopic (exact) mass is 257 g/mol. The van der Waals surface area contributed by atoms with Crippen molar-refractivity contribution in [2.75, 3.05) is 19.8 Å². The average molecular weight is 257 g/mol. The molecule has 1 saturated carbocycles. The zero-order chi connectivity index (χ0) is 13.1. The van der Waals surface area contributed by atoms with Gasteiger partial charge in [-0.25, -0.2) is 0 Å². The largest absolute Gasteiger partial charge is 0.346 e. The predicted octanol–water partition coefficient (Wildman–Crippen LogP) is 2.42. The Morgan fingerprint density at radius 3 is 2.39 bits per heavy atom. The summed E-state index contributed by atoms with van der Waals surface area (Å²) in [5.41, 5.74) is 0. The third kappa shape index (κ3) is 2.87. The summed E-state index contributed by atoms with van der Waals surface area (Å²) in [6.07, 6.45) is 6.59. The van der Waals surface area contributed by atoms with E-state index in [-0.39, 0.29) is 0 Å². The van der Waals surface area contributed by atoms with Gasteiger partial charge in [0, 0.05) is 19.3 Å². The Labute approximate surface area is 110 Å². The van der Waals surface area contributed by atoms with E-state index in [1.54, 1.807) is 0 Å². The number of rotatable bonds is 7. The highest BCUT2D eigenvalue weighted by atomic mass is 16.9. The van der Waals surface area contributed by atoms with Gasteiger partial charge in [0.15, 0.2) is 0 Å². The van der Waals surface area contributed by atoms with Crippen LogP contribution in [0.4, 0.5) is 0 Å². The molecule has 4 nitrogen and oxygen atoms in total. The second-order valence-corrected chi connectivity index (χ2v) is 5.38. The summed E-state index contributed by atoms with van der Waals surface area (Å²) in [5.74, 6) is -1.14. The van der Waals surface area contributed by atoms with Crippen molar-refractivity contribution in [2.24, 2.45) is 0 Å². The van der Waals surface area contributed by atoms with Gasteiger partial charge in [0.2, 0.25) is 11.6 Å². The molecule has 2 fully saturated rings. The molecule has 0 aromatic rings. The van der Waals surface area contributed by atoms with Crippen LogP contribution >= 0.6 is 0 Å². The van der Waals surface area contributed by atoms with Crippen LogP contribution in [-0.2, 0) is 14.2 Å². The quantitative estimate of drug-likeness (QED) is 0.711. The lowest BCUT2D eigenvalue weighted by Gasteiger charge is -2.25. The summed E-state index contributed by atoms with van der Waals surface area (Å²) in [5, 5.41) is 3.59. The van der Waals surface area contributed by atoms with Crippen molar-refractivity contribution in [3.63, 3.8) is 0 Å². The van der Waals surface area contributed by atoms with Crippen molar-refractivity contribution in [1.82, 2.24) is 5.32 Å². The van der Waals surface area contributed by atoms with Gasteiger partial charge >= 0.3 is 0 Å². The lowest BCUT2D eigenvalue weighted by atomic mass is 9.95. The fourth-order valence-corrected chi connectivity index (χ4v) is 2.93. The Hall–Kier alpha value is -0.160. The van der Waals surface area contributed by atoms with Gasteiger partial charge < -0.3 is 19.5 Å². The van der Waals surface area contributed by atoms with Crippen molar-refractivity contribution >= 4 is 0 Å². The molecule has 0 radical (unpaired) electrons. The molecule has 18 heavy (non-hydrogen) atoms. The molecule has 0 aromatic carbocycles. The van der Waals surface area contributed by atoms with Crippen LogP contribution in [0.1, 0.15) is 52.9 Å². The predicted molar refractivity (Wildman–Crippen MR) is 70.3 cm³/mol. The maximum Gasteiger partial charge on any atom is 0.239 e. The lowest BCUT2D eigenvalue weighted by Crippen LogP contribution is -2.43. The van der Waals surface area contributed by atoms with Crippen LogP contribution in [0.3, 0.4) is 0 Å². The fourth-order valence-electron chi connectivity index (χ4n) is 2.93. The topological polar surface area (TPSA) is 43.0 Å². The zero-order valence-electron chi connectivity index (χ0n) is 12.0. The van der Waals surface area contributed by atoms with E-state index in [9.17, 15) is 0 Å². The number of nitrogens with one attached hydrogen (secondary N) is 1. The van der Waals surface area contributed by atoms with Crippen molar-refractivity contribution in [3.05, 3.63) is 0 Å². The molecule has 1 heterocycles. The highest BCUT2D eigenvalue weighted by Gasteiger charge is 2.70. The summed E-state index contributed by atoms with van der Waals surface area (Å²) in [7, 11) is 0. The Morgan fingerprint density at radius 2 is 1.78 bits per heavy atom. The van der Waals surface area contributed by atoms with Crippen molar-refractivity contribution in [1.29, 1.82) is 0 Å². The molecule has 2 rings (SSSR count). The smallest absolute Gasteiger partial charge is 0.239 e. The Bertz CT molecular complexity index is 268. The highest BCUT2D eigenvalue weighted by molar-refractivity contribution is 5.02. The van der Waals surface area contributed by atoms with Gasteiger partial charge in [-0.3, -0.25) is 0 Å². The molecule has 1 aliphatic carbocycles. The van der Waals surface area contributed by atoms with Crippen LogP contribution < -0.4 is 5.32 Å².